The van der Waals surface area contributed by atoms with Gasteiger partial charge in [-0.1, -0.05) is 13.0 Å². The zero-order valence-corrected chi connectivity index (χ0v) is 16.2. The van der Waals surface area contributed by atoms with Crippen LogP contribution >= 0.6 is 22.9 Å². The highest BCUT2D eigenvalue weighted by molar-refractivity contribution is 7.17. The normalized spacial score (nSPS) is 16.2. The molecule has 4 heterocycles. The van der Waals surface area contributed by atoms with E-state index < -0.39 is 0 Å². The molecule has 1 saturated heterocycles. The average Bonchev–Trinajstić information content (AvgIpc) is 3.12. The van der Waals surface area contributed by atoms with E-state index in [1.165, 1.54) is 5.56 Å². The summed E-state index contributed by atoms with van der Waals surface area (Å²) in [7, 11) is 0. The van der Waals surface area contributed by atoms with Crippen molar-refractivity contribution in [2.75, 3.05) is 38.0 Å². The zero-order chi connectivity index (χ0) is 17.9. The van der Waals surface area contributed by atoms with Gasteiger partial charge in [0.2, 0.25) is 5.28 Å². The van der Waals surface area contributed by atoms with Crippen LogP contribution in [0.15, 0.2) is 29.8 Å². The molecule has 0 spiro atoms. The standard InChI is InChI=1S/C18H21ClN6S/c1-2-24-6-8-25(9-7-24)12-13-3-4-15(20-11-13)22-17-16-14(5-10-26-16)21-18(19)23-17/h3-5,10-11H,2,6-9,12H2,1H3,(H,20,21,22,23). The van der Waals surface area contributed by atoms with E-state index in [2.05, 4.69) is 43.1 Å². The van der Waals surface area contributed by atoms with Gasteiger partial charge in [0.25, 0.3) is 0 Å². The number of anilines is 2. The number of rotatable bonds is 5. The molecule has 1 N–H and O–H groups in total. The minimum absolute atomic E-state index is 0.237. The van der Waals surface area contributed by atoms with Gasteiger partial charge in [0.05, 0.1) is 10.2 Å². The molecule has 3 aromatic rings. The highest BCUT2D eigenvalue weighted by Gasteiger charge is 2.15. The first kappa shape index (κ1) is 17.6. The van der Waals surface area contributed by atoms with Crippen molar-refractivity contribution in [1.29, 1.82) is 0 Å². The van der Waals surface area contributed by atoms with Crippen molar-refractivity contribution in [3.8, 4) is 0 Å². The van der Waals surface area contributed by atoms with Gasteiger partial charge >= 0.3 is 0 Å². The third kappa shape index (κ3) is 3.96. The molecule has 0 amide bonds. The Labute approximate surface area is 161 Å². The maximum Gasteiger partial charge on any atom is 0.224 e. The average molecular weight is 389 g/mol. The van der Waals surface area contributed by atoms with E-state index in [0.717, 1.165) is 55.3 Å². The number of thiophene rings is 1. The largest absolute Gasteiger partial charge is 0.324 e. The Morgan fingerprint density at radius 1 is 1.12 bits per heavy atom. The maximum absolute atomic E-state index is 6.01. The predicted molar refractivity (Wildman–Crippen MR) is 107 cm³/mol. The molecule has 0 aliphatic carbocycles. The summed E-state index contributed by atoms with van der Waals surface area (Å²) in [4.78, 5) is 18.0. The van der Waals surface area contributed by atoms with E-state index in [1.54, 1.807) is 11.3 Å². The molecule has 0 radical (unpaired) electrons. The van der Waals surface area contributed by atoms with Gasteiger partial charge in [0.1, 0.15) is 5.82 Å². The van der Waals surface area contributed by atoms with E-state index >= 15 is 0 Å². The maximum atomic E-state index is 6.01. The number of nitrogens with zero attached hydrogens (tertiary/aromatic N) is 5. The first-order valence-electron chi connectivity index (χ1n) is 8.78. The van der Waals surface area contributed by atoms with Gasteiger partial charge in [0, 0.05) is 38.9 Å². The number of nitrogens with one attached hydrogen (secondary N) is 1. The van der Waals surface area contributed by atoms with Crippen LogP contribution in [0.4, 0.5) is 11.6 Å². The molecule has 6 nitrogen and oxygen atoms in total. The lowest BCUT2D eigenvalue weighted by molar-refractivity contribution is 0.132. The Morgan fingerprint density at radius 2 is 1.92 bits per heavy atom. The van der Waals surface area contributed by atoms with Crippen molar-refractivity contribution in [1.82, 2.24) is 24.8 Å². The number of halogens is 1. The third-order valence-corrected chi connectivity index (χ3v) is 5.75. The number of likely N-dealkylation sites (N-methyl/N-ethyl adjacent to an activating group) is 1. The molecule has 1 fully saturated rings. The second kappa shape index (κ2) is 7.84. The second-order valence-electron chi connectivity index (χ2n) is 6.36. The fourth-order valence-corrected chi connectivity index (χ4v) is 4.11. The highest BCUT2D eigenvalue weighted by Crippen LogP contribution is 2.29. The number of hydrogen-bond donors (Lipinski definition) is 1. The first-order chi connectivity index (χ1) is 12.7. The second-order valence-corrected chi connectivity index (χ2v) is 7.62. The van der Waals surface area contributed by atoms with Crippen LogP contribution in [0.25, 0.3) is 10.2 Å². The molecular weight excluding hydrogens is 368 g/mol. The molecular formula is C18H21ClN6S. The van der Waals surface area contributed by atoms with E-state index in [1.807, 2.05) is 23.7 Å². The molecule has 0 atom stereocenters. The summed E-state index contributed by atoms with van der Waals surface area (Å²) < 4.78 is 0.981. The summed E-state index contributed by atoms with van der Waals surface area (Å²) in [6.07, 6.45) is 1.93. The predicted octanol–water partition coefficient (Wildman–Crippen LogP) is 3.62. The van der Waals surface area contributed by atoms with Gasteiger partial charge in [-0.3, -0.25) is 4.90 Å². The molecule has 26 heavy (non-hydrogen) atoms. The van der Waals surface area contributed by atoms with Crippen molar-refractivity contribution in [3.05, 3.63) is 40.6 Å². The summed E-state index contributed by atoms with van der Waals surface area (Å²) in [6, 6.07) is 6.05. The quantitative estimate of drug-likeness (QED) is 0.673. The molecule has 1 aliphatic rings. The summed E-state index contributed by atoms with van der Waals surface area (Å²) in [5.41, 5.74) is 2.07. The molecule has 4 rings (SSSR count). The molecule has 136 valence electrons. The van der Waals surface area contributed by atoms with Gasteiger partial charge < -0.3 is 10.2 Å². The number of aromatic nitrogens is 3. The number of hydrogen-bond acceptors (Lipinski definition) is 7. The summed E-state index contributed by atoms with van der Waals surface area (Å²) >= 11 is 7.60. The van der Waals surface area contributed by atoms with Crippen LogP contribution in [-0.2, 0) is 6.54 Å². The first-order valence-corrected chi connectivity index (χ1v) is 10.0. The van der Waals surface area contributed by atoms with Crippen molar-refractivity contribution in [2.24, 2.45) is 0 Å². The fraction of sp³-hybridized carbons (Fsp3) is 0.389. The molecule has 0 unspecified atom stereocenters. The van der Waals surface area contributed by atoms with Crippen molar-refractivity contribution >= 4 is 44.8 Å². The van der Waals surface area contributed by atoms with Crippen LogP contribution in [0.1, 0.15) is 12.5 Å². The molecule has 0 bridgehead atoms. The number of pyridine rings is 1. The van der Waals surface area contributed by atoms with E-state index in [4.69, 9.17) is 11.6 Å². The molecule has 3 aromatic heterocycles. The van der Waals surface area contributed by atoms with E-state index in [-0.39, 0.29) is 5.28 Å². The Morgan fingerprint density at radius 3 is 2.65 bits per heavy atom. The van der Waals surface area contributed by atoms with Gasteiger partial charge in [-0.2, -0.15) is 4.98 Å². The van der Waals surface area contributed by atoms with Crippen molar-refractivity contribution in [2.45, 2.75) is 13.5 Å². The Hall–Kier alpha value is -1.80. The summed E-state index contributed by atoms with van der Waals surface area (Å²) in [5, 5.41) is 5.48. The Bertz CT molecular complexity index is 873. The zero-order valence-electron chi connectivity index (χ0n) is 14.7. The van der Waals surface area contributed by atoms with E-state index in [0.29, 0.717) is 5.82 Å². The highest BCUT2D eigenvalue weighted by atomic mass is 35.5. The van der Waals surface area contributed by atoms with E-state index in [9.17, 15) is 0 Å². The molecule has 1 aliphatic heterocycles. The minimum Gasteiger partial charge on any atom is -0.324 e. The van der Waals surface area contributed by atoms with Crippen LogP contribution < -0.4 is 5.32 Å². The van der Waals surface area contributed by atoms with Crippen LogP contribution in [0.2, 0.25) is 5.28 Å². The Balaban J connectivity index is 1.42. The van der Waals surface area contributed by atoms with Gasteiger partial charge in [-0.05, 0) is 41.2 Å². The molecule has 8 heteroatoms. The van der Waals surface area contributed by atoms with Crippen molar-refractivity contribution < 1.29 is 0 Å². The third-order valence-electron chi connectivity index (χ3n) is 4.67. The SMILES string of the molecule is CCN1CCN(Cc2ccc(Nc3nc(Cl)nc4ccsc34)nc2)CC1. The lowest BCUT2D eigenvalue weighted by Gasteiger charge is -2.33. The lowest BCUT2D eigenvalue weighted by atomic mass is 10.2. The van der Waals surface area contributed by atoms with Gasteiger partial charge in [-0.25, -0.2) is 9.97 Å². The molecule has 0 aromatic carbocycles. The fourth-order valence-electron chi connectivity index (χ4n) is 3.15. The van der Waals surface area contributed by atoms with Crippen LogP contribution in [-0.4, -0.2) is 57.5 Å². The summed E-state index contributed by atoms with van der Waals surface area (Å²) in [5.74, 6) is 1.46. The molecule has 0 saturated carbocycles. The van der Waals surface area contributed by atoms with Crippen LogP contribution in [0.5, 0.6) is 0 Å². The minimum atomic E-state index is 0.237. The van der Waals surface area contributed by atoms with Gasteiger partial charge in [0.15, 0.2) is 5.82 Å². The van der Waals surface area contributed by atoms with Gasteiger partial charge in [-0.15, -0.1) is 11.3 Å². The smallest absolute Gasteiger partial charge is 0.224 e. The lowest BCUT2D eigenvalue weighted by Crippen LogP contribution is -2.45. The van der Waals surface area contributed by atoms with Crippen molar-refractivity contribution in [3.63, 3.8) is 0 Å². The number of piperazine rings is 1. The summed E-state index contributed by atoms with van der Waals surface area (Å²) in [6.45, 7) is 8.83. The number of fused-ring (bicyclic) bond motifs is 1. The topological polar surface area (TPSA) is 57.2 Å². The Kier molecular flexibility index (Phi) is 5.31. The monoisotopic (exact) mass is 388 g/mol. The van der Waals surface area contributed by atoms with Crippen LogP contribution in [0, 0.1) is 0 Å². The van der Waals surface area contributed by atoms with Crippen LogP contribution in [0.3, 0.4) is 0 Å².